The fourth-order valence-corrected chi connectivity index (χ4v) is 2.45. The molecule has 5 nitrogen and oxygen atoms in total. The molecular weight excluding hydrogens is 318 g/mol. The predicted molar refractivity (Wildman–Crippen MR) is 96.9 cm³/mol. The molecule has 2 N–H and O–H groups in total. The van der Waals surface area contributed by atoms with Gasteiger partial charge in [-0.15, -0.1) is 0 Å². The highest BCUT2D eigenvalue weighted by Crippen LogP contribution is 2.29. The average molecular weight is 341 g/mol. The molecule has 0 aliphatic heterocycles. The fourth-order valence-electron chi connectivity index (χ4n) is 2.45. The van der Waals surface area contributed by atoms with Crippen LogP contribution < -0.4 is 5.32 Å². The van der Waals surface area contributed by atoms with Gasteiger partial charge in [-0.05, 0) is 36.1 Å². The van der Waals surface area contributed by atoms with Crippen molar-refractivity contribution in [1.82, 2.24) is 0 Å². The van der Waals surface area contributed by atoms with Gasteiger partial charge in [-0.25, -0.2) is 4.79 Å². The molecule has 2 aromatic rings. The average Bonchev–Trinajstić information content (AvgIpc) is 2.54. The lowest BCUT2D eigenvalue weighted by Gasteiger charge is -2.22. The number of rotatable bonds is 4. The minimum atomic E-state index is -0.736. The zero-order valence-corrected chi connectivity index (χ0v) is 14.9. The van der Waals surface area contributed by atoms with Gasteiger partial charge in [-0.1, -0.05) is 50.6 Å². The number of amides is 1. The second-order valence-electron chi connectivity index (χ2n) is 6.94. The summed E-state index contributed by atoms with van der Waals surface area (Å²) in [6, 6.07) is 12.1. The number of carbonyl (C=O) groups excluding carboxylic acids is 2. The number of para-hydroxylation sites is 1. The van der Waals surface area contributed by atoms with Crippen LogP contribution in [0.25, 0.3) is 0 Å². The van der Waals surface area contributed by atoms with Crippen LogP contribution in [0.4, 0.5) is 5.69 Å². The summed E-state index contributed by atoms with van der Waals surface area (Å²) in [6.07, 6.45) is 0. The maximum Gasteiger partial charge on any atom is 0.342 e. The third-order valence-electron chi connectivity index (χ3n) is 3.72. The number of nitrogens with one attached hydrogen (secondary N) is 1. The van der Waals surface area contributed by atoms with Crippen LogP contribution in [0.2, 0.25) is 0 Å². The van der Waals surface area contributed by atoms with Crippen LogP contribution >= 0.6 is 0 Å². The highest BCUT2D eigenvalue weighted by atomic mass is 16.5. The molecule has 0 aliphatic carbocycles. The molecule has 2 rings (SSSR count). The van der Waals surface area contributed by atoms with Crippen molar-refractivity contribution in [2.75, 3.05) is 11.9 Å². The number of hydrogen-bond acceptors (Lipinski definition) is 4. The Labute approximate surface area is 147 Å². The number of phenols is 1. The van der Waals surface area contributed by atoms with E-state index in [4.69, 9.17) is 4.74 Å². The number of phenolic OH excluding ortho intramolecular Hbond substituents is 1. The lowest BCUT2D eigenvalue weighted by atomic mass is 9.86. The van der Waals surface area contributed by atoms with Gasteiger partial charge in [-0.2, -0.15) is 0 Å². The van der Waals surface area contributed by atoms with E-state index in [1.807, 2.05) is 24.3 Å². The van der Waals surface area contributed by atoms with E-state index in [-0.39, 0.29) is 16.7 Å². The Bertz CT molecular complexity index is 791. The molecule has 0 radical (unpaired) electrons. The van der Waals surface area contributed by atoms with E-state index in [1.165, 1.54) is 12.1 Å². The molecule has 0 bridgehead atoms. The van der Waals surface area contributed by atoms with Crippen molar-refractivity contribution in [3.05, 3.63) is 59.2 Å². The Balaban J connectivity index is 2.02. The van der Waals surface area contributed by atoms with Gasteiger partial charge in [-0.3, -0.25) is 4.79 Å². The van der Waals surface area contributed by atoms with Crippen LogP contribution in [-0.2, 0) is 14.9 Å². The van der Waals surface area contributed by atoms with E-state index < -0.39 is 18.5 Å². The topological polar surface area (TPSA) is 75.6 Å². The molecule has 2 aromatic carbocycles. The van der Waals surface area contributed by atoms with Gasteiger partial charge < -0.3 is 15.2 Å². The van der Waals surface area contributed by atoms with E-state index in [9.17, 15) is 14.7 Å². The summed E-state index contributed by atoms with van der Waals surface area (Å²) < 4.78 is 5.01. The number of esters is 1. The summed E-state index contributed by atoms with van der Waals surface area (Å²) in [7, 11) is 0. The first-order valence-corrected chi connectivity index (χ1v) is 8.04. The molecule has 25 heavy (non-hydrogen) atoms. The van der Waals surface area contributed by atoms with E-state index in [0.717, 1.165) is 11.1 Å². The zero-order valence-electron chi connectivity index (χ0n) is 14.9. The lowest BCUT2D eigenvalue weighted by Crippen LogP contribution is -2.23. The first-order valence-electron chi connectivity index (χ1n) is 8.04. The Morgan fingerprint density at radius 3 is 2.48 bits per heavy atom. The van der Waals surface area contributed by atoms with E-state index in [1.54, 1.807) is 13.0 Å². The summed E-state index contributed by atoms with van der Waals surface area (Å²) in [5.74, 6) is -1.34. The van der Waals surface area contributed by atoms with E-state index in [0.29, 0.717) is 5.69 Å². The van der Waals surface area contributed by atoms with E-state index >= 15 is 0 Å². The zero-order chi connectivity index (χ0) is 18.6. The first-order chi connectivity index (χ1) is 11.7. The third kappa shape index (κ3) is 4.83. The van der Waals surface area contributed by atoms with Crippen molar-refractivity contribution < 1.29 is 19.4 Å². The highest BCUT2D eigenvalue weighted by molar-refractivity contribution is 5.97. The number of carbonyl (C=O) groups is 2. The standard InChI is InChI=1S/C20H23NO4/c1-13-9-10-17(22)14(11-13)19(24)25-12-18(23)21-16-8-6-5-7-15(16)20(2,3)4/h5-11,22H,12H2,1-4H3,(H,21,23). The maximum absolute atomic E-state index is 12.1. The quantitative estimate of drug-likeness (QED) is 0.830. The summed E-state index contributed by atoms with van der Waals surface area (Å²) in [5, 5.41) is 12.5. The molecule has 0 saturated heterocycles. The third-order valence-corrected chi connectivity index (χ3v) is 3.72. The fraction of sp³-hybridized carbons (Fsp3) is 0.300. The van der Waals surface area contributed by atoms with Gasteiger partial charge in [0, 0.05) is 5.69 Å². The number of aromatic hydroxyl groups is 1. The SMILES string of the molecule is Cc1ccc(O)c(C(=O)OCC(=O)Nc2ccccc2C(C)(C)C)c1. The van der Waals surface area contributed by atoms with Crippen LogP contribution in [-0.4, -0.2) is 23.6 Å². The normalized spacial score (nSPS) is 11.0. The predicted octanol–water partition coefficient (Wildman–Crippen LogP) is 3.79. The van der Waals surface area contributed by atoms with Crippen molar-refractivity contribution in [2.24, 2.45) is 0 Å². The largest absolute Gasteiger partial charge is 0.507 e. The molecule has 0 atom stereocenters. The molecule has 0 aliphatic rings. The summed E-state index contributed by atoms with van der Waals surface area (Å²) in [6.45, 7) is 7.53. The summed E-state index contributed by atoms with van der Waals surface area (Å²) in [5.41, 5.74) is 2.41. The highest BCUT2D eigenvalue weighted by Gasteiger charge is 2.19. The maximum atomic E-state index is 12.1. The number of ether oxygens (including phenoxy) is 1. The van der Waals surface area contributed by atoms with Gasteiger partial charge in [0.25, 0.3) is 5.91 Å². The van der Waals surface area contributed by atoms with Crippen molar-refractivity contribution >= 4 is 17.6 Å². The number of benzene rings is 2. The van der Waals surface area contributed by atoms with Gasteiger partial charge in [0.2, 0.25) is 0 Å². The first kappa shape index (κ1) is 18.5. The molecule has 5 heteroatoms. The molecular formula is C20H23NO4. The minimum absolute atomic E-state index is 0.0443. The lowest BCUT2D eigenvalue weighted by molar-refractivity contribution is -0.119. The molecule has 0 aromatic heterocycles. The van der Waals surface area contributed by atoms with Gasteiger partial charge in [0.05, 0.1) is 0 Å². The van der Waals surface area contributed by atoms with Crippen molar-refractivity contribution in [1.29, 1.82) is 0 Å². The van der Waals surface area contributed by atoms with Crippen molar-refractivity contribution in [2.45, 2.75) is 33.1 Å². The number of anilines is 1. The second kappa shape index (κ2) is 7.38. The molecule has 0 spiro atoms. The summed E-state index contributed by atoms with van der Waals surface area (Å²) >= 11 is 0. The molecule has 1 amide bonds. The van der Waals surface area contributed by atoms with Crippen LogP contribution in [0.3, 0.4) is 0 Å². The Morgan fingerprint density at radius 1 is 1.12 bits per heavy atom. The Kier molecular flexibility index (Phi) is 5.47. The van der Waals surface area contributed by atoms with Gasteiger partial charge in [0.1, 0.15) is 11.3 Å². The minimum Gasteiger partial charge on any atom is -0.507 e. The number of aryl methyl sites for hydroxylation is 1. The molecule has 0 saturated carbocycles. The summed E-state index contributed by atoms with van der Waals surface area (Å²) in [4.78, 5) is 24.2. The van der Waals surface area contributed by atoms with Gasteiger partial charge >= 0.3 is 5.97 Å². The smallest absolute Gasteiger partial charge is 0.342 e. The molecule has 0 fully saturated rings. The molecule has 0 heterocycles. The van der Waals surface area contributed by atoms with Crippen molar-refractivity contribution in [3.8, 4) is 5.75 Å². The molecule has 0 unspecified atom stereocenters. The van der Waals surface area contributed by atoms with Gasteiger partial charge in [0.15, 0.2) is 6.61 Å². The Morgan fingerprint density at radius 2 is 1.80 bits per heavy atom. The van der Waals surface area contributed by atoms with Crippen molar-refractivity contribution in [3.63, 3.8) is 0 Å². The Hall–Kier alpha value is -2.82. The monoisotopic (exact) mass is 341 g/mol. The molecule has 132 valence electrons. The number of hydrogen-bond donors (Lipinski definition) is 2. The van der Waals surface area contributed by atoms with Crippen LogP contribution in [0.1, 0.15) is 42.3 Å². The second-order valence-corrected chi connectivity index (χ2v) is 6.94. The van der Waals surface area contributed by atoms with E-state index in [2.05, 4.69) is 26.1 Å². The van der Waals surface area contributed by atoms with Crippen LogP contribution in [0, 0.1) is 6.92 Å². The van der Waals surface area contributed by atoms with Crippen LogP contribution in [0.15, 0.2) is 42.5 Å². The van der Waals surface area contributed by atoms with Crippen LogP contribution in [0.5, 0.6) is 5.75 Å².